The number of pyridine rings is 1. The van der Waals surface area contributed by atoms with Crippen molar-refractivity contribution >= 4 is 11.4 Å². The van der Waals surface area contributed by atoms with Gasteiger partial charge in [0.15, 0.2) is 0 Å². The number of hydrogen-bond donors (Lipinski definition) is 2. The van der Waals surface area contributed by atoms with Crippen molar-refractivity contribution in [2.75, 3.05) is 18.1 Å². The molecule has 0 atom stereocenters. The highest BCUT2D eigenvalue weighted by atomic mass is 16.5. The van der Waals surface area contributed by atoms with Gasteiger partial charge in [-0.15, -0.1) is 0 Å². The second kappa shape index (κ2) is 3.12. The third-order valence-corrected chi connectivity index (χ3v) is 2.14. The maximum Gasteiger partial charge on any atom is 0.239 e. The molecule has 4 nitrogen and oxygen atoms in total. The zero-order valence-electron chi connectivity index (χ0n) is 7.36. The molecule has 4 heteroatoms. The highest BCUT2D eigenvalue weighted by Crippen LogP contribution is 2.31. The first-order valence-electron chi connectivity index (χ1n) is 4.40. The first kappa shape index (κ1) is 8.16. The van der Waals surface area contributed by atoms with E-state index < -0.39 is 0 Å². The molecular weight excluding hydrogens is 166 g/mol. The van der Waals surface area contributed by atoms with Crippen LogP contribution in [0.3, 0.4) is 0 Å². The van der Waals surface area contributed by atoms with E-state index in [1.165, 1.54) is 12.8 Å². The topological polar surface area (TPSA) is 74.2 Å². The van der Waals surface area contributed by atoms with Crippen molar-refractivity contribution in [3.05, 3.63) is 12.3 Å². The number of ether oxygens (including phenoxy) is 1. The minimum absolute atomic E-state index is 0.447. The van der Waals surface area contributed by atoms with E-state index in [0.717, 1.165) is 0 Å². The average molecular weight is 179 g/mol. The lowest BCUT2D eigenvalue weighted by molar-refractivity contribution is 0.290. The van der Waals surface area contributed by atoms with Crippen LogP contribution in [0.25, 0.3) is 0 Å². The van der Waals surface area contributed by atoms with Crippen LogP contribution >= 0.6 is 0 Å². The zero-order valence-corrected chi connectivity index (χ0v) is 7.36. The summed E-state index contributed by atoms with van der Waals surface area (Å²) in [6.07, 6.45) is 4.11. The Balaban J connectivity index is 2.05. The summed E-state index contributed by atoms with van der Waals surface area (Å²) in [6, 6.07) is 1.67. The first-order chi connectivity index (χ1) is 6.27. The Morgan fingerprint density at radius 1 is 1.46 bits per heavy atom. The monoisotopic (exact) mass is 179 g/mol. The fraction of sp³-hybridized carbons (Fsp3) is 0.444. The van der Waals surface area contributed by atoms with E-state index in [4.69, 9.17) is 16.2 Å². The minimum Gasteiger partial charge on any atom is -0.476 e. The molecular formula is C9H13N3O. The van der Waals surface area contributed by atoms with Gasteiger partial charge in [0.05, 0.1) is 12.3 Å². The van der Waals surface area contributed by atoms with Gasteiger partial charge in [-0.3, -0.25) is 0 Å². The van der Waals surface area contributed by atoms with Gasteiger partial charge in [-0.2, -0.15) is 0 Å². The number of rotatable bonds is 3. The van der Waals surface area contributed by atoms with Gasteiger partial charge in [-0.25, -0.2) is 4.98 Å². The van der Waals surface area contributed by atoms with E-state index in [9.17, 15) is 0 Å². The van der Waals surface area contributed by atoms with Crippen LogP contribution in [0.2, 0.25) is 0 Å². The van der Waals surface area contributed by atoms with Gasteiger partial charge in [0.25, 0.3) is 0 Å². The largest absolute Gasteiger partial charge is 0.476 e. The van der Waals surface area contributed by atoms with Gasteiger partial charge in [0, 0.05) is 6.20 Å². The van der Waals surface area contributed by atoms with Gasteiger partial charge in [-0.1, -0.05) is 0 Å². The van der Waals surface area contributed by atoms with Gasteiger partial charge in [0.2, 0.25) is 5.88 Å². The highest BCUT2D eigenvalue weighted by Gasteiger charge is 2.22. The van der Waals surface area contributed by atoms with E-state index in [1.807, 2.05) is 0 Å². The molecule has 1 aromatic heterocycles. The number of nitrogens with zero attached hydrogens (tertiary/aromatic N) is 1. The highest BCUT2D eigenvalue weighted by molar-refractivity contribution is 5.67. The standard InChI is InChI=1S/C9H13N3O/c10-7-3-4-12-9(8(7)11)13-5-6-1-2-6/h3-4,6H,1-2,5,11H2,(H2,10,12). The summed E-state index contributed by atoms with van der Waals surface area (Å²) >= 11 is 0. The summed E-state index contributed by atoms with van der Waals surface area (Å²) in [7, 11) is 0. The summed E-state index contributed by atoms with van der Waals surface area (Å²) in [5.41, 5.74) is 12.3. The van der Waals surface area contributed by atoms with Gasteiger partial charge in [-0.05, 0) is 24.8 Å². The lowest BCUT2D eigenvalue weighted by Gasteiger charge is -2.07. The van der Waals surface area contributed by atoms with Crippen molar-refractivity contribution in [3.63, 3.8) is 0 Å². The third-order valence-electron chi connectivity index (χ3n) is 2.14. The molecule has 2 rings (SSSR count). The van der Waals surface area contributed by atoms with Crippen molar-refractivity contribution in [2.24, 2.45) is 5.92 Å². The second-order valence-electron chi connectivity index (χ2n) is 3.37. The van der Waals surface area contributed by atoms with E-state index in [-0.39, 0.29) is 0 Å². The Morgan fingerprint density at radius 2 is 2.23 bits per heavy atom. The summed E-state index contributed by atoms with van der Waals surface area (Å²) in [5, 5.41) is 0. The molecule has 0 amide bonds. The second-order valence-corrected chi connectivity index (χ2v) is 3.37. The Bertz CT molecular complexity index is 310. The van der Waals surface area contributed by atoms with Gasteiger partial charge in [0.1, 0.15) is 5.69 Å². The van der Waals surface area contributed by atoms with Crippen LogP contribution in [0, 0.1) is 5.92 Å². The normalized spacial score (nSPS) is 15.7. The lowest BCUT2D eigenvalue weighted by Crippen LogP contribution is -2.05. The molecule has 1 fully saturated rings. The fourth-order valence-electron chi connectivity index (χ4n) is 1.06. The summed E-state index contributed by atoms with van der Waals surface area (Å²) in [5.74, 6) is 1.16. The molecule has 1 saturated carbocycles. The molecule has 0 unspecified atom stereocenters. The molecule has 0 bridgehead atoms. The van der Waals surface area contributed by atoms with Crippen molar-refractivity contribution in [1.29, 1.82) is 0 Å². The lowest BCUT2D eigenvalue weighted by atomic mass is 10.3. The van der Waals surface area contributed by atoms with Crippen LogP contribution < -0.4 is 16.2 Å². The van der Waals surface area contributed by atoms with Gasteiger partial charge >= 0.3 is 0 Å². The number of nitrogens with two attached hydrogens (primary N) is 2. The van der Waals surface area contributed by atoms with Crippen molar-refractivity contribution < 1.29 is 4.74 Å². The SMILES string of the molecule is Nc1ccnc(OCC2CC2)c1N. The maximum absolute atomic E-state index is 5.68. The minimum atomic E-state index is 0.447. The Morgan fingerprint density at radius 3 is 2.92 bits per heavy atom. The molecule has 1 aromatic rings. The summed E-state index contributed by atoms with van der Waals surface area (Å²) < 4.78 is 5.43. The smallest absolute Gasteiger partial charge is 0.239 e. The van der Waals surface area contributed by atoms with Crippen LogP contribution in [-0.4, -0.2) is 11.6 Å². The molecule has 0 saturated heterocycles. The molecule has 1 aliphatic rings. The fourth-order valence-corrected chi connectivity index (χ4v) is 1.06. The molecule has 0 radical (unpaired) electrons. The molecule has 4 N–H and O–H groups in total. The molecule has 1 aliphatic carbocycles. The van der Waals surface area contributed by atoms with Crippen molar-refractivity contribution in [3.8, 4) is 5.88 Å². The predicted octanol–water partition coefficient (Wildman–Crippen LogP) is 1.03. The third kappa shape index (κ3) is 1.83. The van der Waals surface area contributed by atoms with Crippen LogP contribution in [0.15, 0.2) is 12.3 Å². The van der Waals surface area contributed by atoms with Crippen LogP contribution in [0.4, 0.5) is 11.4 Å². The molecule has 0 aromatic carbocycles. The van der Waals surface area contributed by atoms with Gasteiger partial charge < -0.3 is 16.2 Å². The van der Waals surface area contributed by atoms with Crippen molar-refractivity contribution in [2.45, 2.75) is 12.8 Å². The molecule has 0 spiro atoms. The Labute approximate surface area is 76.9 Å². The van der Waals surface area contributed by atoms with E-state index >= 15 is 0 Å². The van der Waals surface area contributed by atoms with Crippen LogP contribution in [0.5, 0.6) is 5.88 Å². The first-order valence-corrected chi connectivity index (χ1v) is 4.40. The number of hydrogen-bond acceptors (Lipinski definition) is 4. The van der Waals surface area contributed by atoms with E-state index in [2.05, 4.69) is 4.98 Å². The molecule has 70 valence electrons. The number of anilines is 2. The number of nitrogen functional groups attached to an aromatic ring is 2. The van der Waals surface area contributed by atoms with Crippen molar-refractivity contribution in [1.82, 2.24) is 4.98 Å². The Hall–Kier alpha value is -1.45. The summed E-state index contributed by atoms with van der Waals surface area (Å²) in [4.78, 5) is 4.01. The van der Waals surface area contributed by atoms with Crippen LogP contribution in [-0.2, 0) is 0 Å². The summed E-state index contributed by atoms with van der Waals surface area (Å²) in [6.45, 7) is 0.709. The predicted molar refractivity (Wildman–Crippen MR) is 51.3 cm³/mol. The van der Waals surface area contributed by atoms with E-state index in [0.29, 0.717) is 29.8 Å². The zero-order chi connectivity index (χ0) is 9.26. The Kier molecular flexibility index (Phi) is 1.96. The molecule has 13 heavy (non-hydrogen) atoms. The quantitative estimate of drug-likeness (QED) is 0.726. The van der Waals surface area contributed by atoms with Crippen LogP contribution in [0.1, 0.15) is 12.8 Å². The maximum atomic E-state index is 5.68. The molecule has 0 aliphatic heterocycles. The number of aromatic nitrogens is 1. The molecule has 1 heterocycles. The average Bonchev–Trinajstić information content (AvgIpc) is 2.91. The van der Waals surface area contributed by atoms with E-state index in [1.54, 1.807) is 12.3 Å².